The molecule has 0 aromatic heterocycles. The lowest BCUT2D eigenvalue weighted by Gasteiger charge is -2.32. The molecule has 0 aliphatic rings. The van der Waals surface area contributed by atoms with Gasteiger partial charge in [0.25, 0.3) is 0 Å². The molecule has 0 unspecified atom stereocenters. The fourth-order valence-electron chi connectivity index (χ4n) is 2.19. The minimum Gasteiger partial charge on any atom is -0.497 e. The Morgan fingerprint density at radius 1 is 1.26 bits per heavy atom. The van der Waals surface area contributed by atoms with Crippen molar-refractivity contribution in [3.05, 3.63) is 29.8 Å². The van der Waals surface area contributed by atoms with Gasteiger partial charge in [-0.05, 0) is 58.2 Å². The van der Waals surface area contributed by atoms with Gasteiger partial charge in [0, 0.05) is 19.2 Å². The van der Waals surface area contributed by atoms with Crippen LogP contribution in [0.2, 0.25) is 0 Å². The molecular formula is C18H29NO4. The molecule has 130 valence electrons. The van der Waals surface area contributed by atoms with Crippen molar-refractivity contribution in [2.24, 2.45) is 0 Å². The van der Waals surface area contributed by atoms with E-state index in [-0.39, 0.29) is 18.7 Å². The van der Waals surface area contributed by atoms with E-state index in [9.17, 15) is 4.79 Å². The summed E-state index contributed by atoms with van der Waals surface area (Å²) in [5.41, 5.74) is 0.471. The molecule has 0 bridgehead atoms. The van der Waals surface area contributed by atoms with Crippen molar-refractivity contribution in [2.45, 2.75) is 58.7 Å². The highest BCUT2D eigenvalue weighted by Crippen LogP contribution is 2.19. The number of carbonyl (C=O) groups excluding carboxylic acids is 1. The van der Waals surface area contributed by atoms with Crippen molar-refractivity contribution in [2.75, 3.05) is 13.7 Å². The van der Waals surface area contributed by atoms with Crippen LogP contribution in [-0.2, 0) is 11.3 Å². The Kier molecular flexibility index (Phi) is 7.36. The van der Waals surface area contributed by atoms with E-state index in [1.807, 2.05) is 52.0 Å². The summed E-state index contributed by atoms with van der Waals surface area (Å²) in [6.07, 6.45) is 1.05. The molecule has 5 heteroatoms. The highest BCUT2D eigenvalue weighted by Gasteiger charge is 2.26. The summed E-state index contributed by atoms with van der Waals surface area (Å²) in [7, 11) is 1.62. The van der Waals surface area contributed by atoms with Crippen LogP contribution in [0, 0.1) is 0 Å². The zero-order valence-corrected chi connectivity index (χ0v) is 14.8. The number of carbonyl (C=O) groups is 1. The lowest BCUT2D eigenvalue weighted by atomic mass is 10.1. The maximum Gasteiger partial charge on any atom is 0.410 e. The third kappa shape index (κ3) is 6.91. The van der Waals surface area contributed by atoms with Gasteiger partial charge in [0.1, 0.15) is 11.4 Å². The summed E-state index contributed by atoms with van der Waals surface area (Å²) in [5, 5.41) is 9.02. The smallest absolute Gasteiger partial charge is 0.410 e. The van der Waals surface area contributed by atoms with Crippen LogP contribution >= 0.6 is 0 Å². The Labute approximate surface area is 139 Å². The van der Waals surface area contributed by atoms with Gasteiger partial charge in [-0.1, -0.05) is 12.1 Å². The summed E-state index contributed by atoms with van der Waals surface area (Å²) >= 11 is 0. The molecule has 5 nitrogen and oxygen atoms in total. The number of nitrogens with zero attached hydrogens (tertiary/aromatic N) is 1. The first-order valence-corrected chi connectivity index (χ1v) is 8.00. The van der Waals surface area contributed by atoms with Crippen LogP contribution in [0.1, 0.15) is 46.1 Å². The summed E-state index contributed by atoms with van der Waals surface area (Å²) in [5.74, 6) is 0.783. The molecule has 0 fully saturated rings. The van der Waals surface area contributed by atoms with E-state index in [0.29, 0.717) is 13.0 Å². The molecule has 0 saturated heterocycles. The van der Waals surface area contributed by atoms with Crippen LogP contribution < -0.4 is 4.74 Å². The van der Waals surface area contributed by atoms with Crippen molar-refractivity contribution in [1.82, 2.24) is 4.90 Å². The first-order valence-electron chi connectivity index (χ1n) is 8.00. The van der Waals surface area contributed by atoms with Crippen molar-refractivity contribution in [1.29, 1.82) is 0 Å². The fourth-order valence-corrected chi connectivity index (χ4v) is 2.19. The molecule has 1 N–H and O–H groups in total. The molecule has 0 heterocycles. The maximum atomic E-state index is 12.5. The molecular weight excluding hydrogens is 294 g/mol. The van der Waals surface area contributed by atoms with Crippen LogP contribution in [0.15, 0.2) is 24.3 Å². The van der Waals surface area contributed by atoms with E-state index in [1.54, 1.807) is 12.0 Å². The number of rotatable bonds is 7. The summed E-state index contributed by atoms with van der Waals surface area (Å²) < 4.78 is 10.7. The second-order valence-corrected chi connectivity index (χ2v) is 6.67. The Hall–Kier alpha value is -1.75. The molecule has 0 saturated carbocycles. The number of methoxy groups -OCH3 is 1. The highest BCUT2D eigenvalue weighted by molar-refractivity contribution is 5.68. The zero-order valence-electron chi connectivity index (χ0n) is 14.8. The molecule has 0 aliphatic heterocycles. The Morgan fingerprint density at radius 3 is 2.35 bits per heavy atom. The monoisotopic (exact) mass is 323 g/mol. The van der Waals surface area contributed by atoms with E-state index in [4.69, 9.17) is 14.6 Å². The van der Waals surface area contributed by atoms with Gasteiger partial charge in [-0.3, -0.25) is 0 Å². The van der Waals surface area contributed by atoms with Crippen molar-refractivity contribution < 1.29 is 19.4 Å². The predicted octanol–water partition coefficient (Wildman–Crippen LogP) is 3.59. The maximum absolute atomic E-state index is 12.5. The molecule has 1 aromatic rings. The van der Waals surface area contributed by atoms with Crippen LogP contribution in [0.3, 0.4) is 0 Å². The minimum absolute atomic E-state index is 0.0147. The van der Waals surface area contributed by atoms with E-state index in [1.165, 1.54) is 0 Å². The SMILES string of the molecule is COc1ccc(CN(C(=O)OC(C)(C)C)[C@H](C)CCCO)cc1. The van der Waals surface area contributed by atoms with E-state index >= 15 is 0 Å². The molecule has 1 rings (SSSR count). The largest absolute Gasteiger partial charge is 0.497 e. The summed E-state index contributed by atoms with van der Waals surface area (Å²) in [4.78, 5) is 14.2. The molecule has 1 amide bonds. The average Bonchev–Trinajstić information content (AvgIpc) is 2.49. The summed E-state index contributed by atoms with van der Waals surface area (Å²) in [6, 6.07) is 7.62. The third-order valence-corrected chi connectivity index (χ3v) is 3.45. The molecule has 1 aromatic carbocycles. The Morgan fingerprint density at radius 2 is 1.87 bits per heavy atom. The quantitative estimate of drug-likeness (QED) is 0.833. The van der Waals surface area contributed by atoms with Gasteiger partial charge >= 0.3 is 6.09 Å². The van der Waals surface area contributed by atoms with Crippen LogP contribution in [0.4, 0.5) is 4.79 Å². The highest BCUT2D eigenvalue weighted by atomic mass is 16.6. The molecule has 0 aliphatic carbocycles. The van der Waals surface area contributed by atoms with Crippen molar-refractivity contribution in [3.63, 3.8) is 0 Å². The zero-order chi connectivity index (χ0) is 17.5. The van der Waals surface area contributed by atoms with Crippen molar-refractivity contribution >= 4 is 6.09 Å². The van der Waals surface area contributed by atoms with Crippen LogP contribution in [0.25, 0.3) is 0 Å². The number of aliphatic hydroxyl groups is 1. The average molecular weight is 323 g/mol. The lowest BCUT2D eigenvalue weighted by molar-refractivity contribution is 0.0142. The van der Waals surface area contributed by atoms with Crippen molar-refractivity contribution in [3.8, 4) is 5.75 Å². The topological polar surface area (TPSA) is 59.0 Å². The van der Waals surface area contributed by atoms with Gasteiger partial charge in [0.2, 0.25) is 0 Å². The number of benzene rings is 1. The molecule has 23 heavy (non-hydrogen) atoms. The van der Waals surface area contributed by atoms with Gasteiger partial charge in [-0.25, -0.2) is 4.79 Å². The van der Waals surface area contributed by atoms with Gasteiger partial charge in [0.15, 0.2) is 0 Å². The standard InChI is InChI=1S/C18H29NO4/c1-14(7-6-12-20)19(17(21)23-18(2,3)4)13-15-8-10-16(22-5)11-9-15/h8-11,14,20H,6-7,12-13H2,1-5H3/t14-/m1/s1. The van der Waals surface area contributed by atoms with Gasteiger partial charge in [-0.2, -0.15) is 0 Å². The van der Waals surface area contributed by atoms with E-state index in [2.05, 4.69) is 0 Å². The molecule has 1 atom stereocenters. The number of hydrogen-bond donors (Lipinski definition) is 1. The van der Waals surface area contributed by atoms with Gasteiger partial charge in [-0.15, -0.1) is 0 Å². The third-order valence-electron chi connectivity index (χ3n) is 3.45. The first kappa shape index (κ1) is 19.3. The molecule has 0 spiro atoms. The number of amides is 1. The Bertz CT molecular complexity index is 479. The summed E-state index contributed by atoms with van der Waals surface area (Å²) in [6.45, 7) is 8.13. The number of ether oxygens (including phenoxy) is 2. The second-order valence-electron chi connectivity index (χ2n) is 6.67. The van der Waals surface area contributed by atoms with Crippen LogP contribution in [-0.4, -0.2) is 41.5 Å². The molecule has 0 radical (unpaired) electrons. The van der Waals surface area contributed by atoms with E-state index < -0.39 is 5.60 Å². The Balaban J connectivity index is 2.86. The number of aliphatic hydroxyl groups excluding tert-OH is 1. The normalized spacial score (nSPS) is 12.6. The van der Waals surface area contributed by atoms with E-state index in [0.717, 1.165) is 17.7 Å². The minimum atomic E-state index is -0.536. The predicted molar refractivity (Wildman–Crippen MR) is 90.6 cm³/mol. The first-order chi connectivity index (χ1) is 10.8. The second kappa shape index (κ2) is 8.77. The fraction of sp³-hybridized carbons (Fsp3) is 0.611. The van der Waals surface area contributed by atoms with Crippen LogP contribution in [0.5, 0.6) is 5.75 Å². The van der Waals surface area contributed by atoms with Gasteiger partial charge in [0.05, 0.1) is 7.11 Å². The van der Waals surface area contributed by atoms with Gasteiger partial charge < -0.3 is 19.5 Å². The lowest BCUT2D eigenvalue weighted by Crippen LogP contribution is -2.41. The number of hydrogen-bond acceptors (Lipinski definition) is 4.